The van der Waals surface area contributed by atoms with Gasteiger partial charge in [0.2, 0.25) is 47.3 Å². The van der Waals surface area contributed by atoms with Crippen LogP contribution in [0.25, 0.3) is 0 Å². The van der Waals surface area contributed by atoms with Gasteiger partial charge in [0.05, 0.1) is 30.6 Å². The van der Waals surface area contributed by atoms with Gasteiger partial charge in [-0.1, -0.05) is 160 Å². The van der Waals surface area contributed by atoms with Gasteiger partial charge in [0.25, 0.3) is 17.7 Å². The van der Waals surface area contributed by atoms with E-state index in [4.69, 9.17) is 0 Å². The number of aromatic amines is 1. The number of Topliss-reactive ketones (excluding diaryl/α,β-unsaturated/α-hetero) is 2. The molecule has 0 bridgehead atoms. The van der Waals surface area contributed by atoms with Crippen molar-refractivity contribution in [3.63, 3.8) is 0 Å². The van der Waals surface area contributed by atoms with Crippen molar-refractivity contribution in [2.45, 2.75) is 220 Å². The number of benzene rings is 3. The summed E-state index contributed by atoms with van der Waals surface area (Å²) in [6.07, 6.45) is 4.80. The van der Waals surface area contributed by atoms with E-state index in [0.29, 0.717) is 35.2 Å². The number of nitrogens with zero attached hydrogens (tertiary/aromatic N) is 9. The molecular formula is C83H122N14O13. The van der Waals surface area contributed by atoms with Crippen LogP contribution in [-0.4, -0.2) is 261 Å². The molecule has 0 spiro atoms. The Morgan fingerprint density at radius 1 is 0.391 bits per heavy atom. The van der Waals surface area contributed by atoms with E-state index in [1.807, 2.05) is 87.4 Å². The van der Waals surface area contributed by atoms with Gasteiger partial charge in [-0.2, -0.15) is 0 Å². The minimum absolute atomic E-state index is 0.00952. The van der Waals surface area contributed by atoms with Crippen molar-refractivity contribution in [3.8, 4) is 0 Å². The van der Waals surface area contributed by atoms with Crippen LogP contribution in [0, 0.1) is 29.6 Å². The van der Waals surface area contributed by atoms with Crippen molar-refractivity contribution in [1.82, 2.24) is 70.4 Å². The molecule has 110 heavy (non-hydrogen) atoms. The first-order chi connectivity index (χ1) is 51.9. The van der Waals surface area contributed by atoms with E-state index in [0.717, 1.165) is 23.1 Å². The highest BCUT2D eigenvalue weighted by Gasteiger charge is 2.46. The molecule has 11 amide bonds. The second-order valence-electron chi connectivity index (χ2n) is 32.2. The molecule has 602 valence electrons. The lowest BCUT2D eigenvalue weighted by molar-refractivity contribution is -0.154. The maximum absolute atomic E-state index is 16.0. The number of rotatable bonds is 20. The Balaban J connectivity index is 1.58. The molecule has 2 fully saturated rings. The van der Waals surface area contributed by atoms with Crippen LogP contribution >= 0.6 is 0 Å². The number of carbonyl (C=O) groups excluding carboxylic acids is 13. The third kappa shape index (κ3) is 24.9. The molecule has 1 aromatic heterocycles. The Hall–Kier alpha value is -9.66. The van der Waals surface area contributed by atoms with Gasteiger partial charge < -0.3 is 60.6 Å². The second-order valence-corrected chi connectivity index (χ2v) is 32.2. The lowest BCUT2D eigenvalue weighted by Crippen LogP contribution is -2.64. The quantitative estimate of drug-likeness (QED) is 0.0702. The van der Waals surface area contributed by atoms with Crippen LogP contribution in [0.15, 0.2) is 104 Å². The van der Waals surface area contributed by atoms with Crippen LogP contribution in [0.5, 0.6) is 0 Å². The molecule has 0 unspecified atom stereocenters. The number of nitrogens with one attached hydrogen (secondary N) is 5. The van der Waals surface area contributed by atoms with Gasteiger partial charge in [-0.25, -0.2) is 4.98 Å². The predicted octanol–water partition coefficient (Wildman–Crippen LogP) is 5.30. The van der Waals surface area contributed by atoms with Gasteiger partial charge in [-0.3, -0.25) is 67.2 Å². The first-order valence-corrected chi connectivity index (χ1v) is 38.8. The minimum atomic E-state index is -1.95. The largest absolute Gasteiger partial charge is 0.351 e. The number of likely N-dealkylation sites (N-methyl/N-ethyl adjacent to an activating group) is 7. The SMILES string of the molecule is CC(=O)[C@@H]1NC(=O)[C@H](CC(C)C)N(C)C(=O)[C@H](CC(C)C)NC(=O)[C@@H](Cc2ccccc2)N(C)C(=O)[C@H](Cc2ccccc2)N(C)C(=O)[C@@H](C(=O)N2CCCCC2)NC(=O)[C@H](CC(C)C)N(C)C(=O)[C@H](Cc2ccccc2)N(C)CC(=O)[C@@H](Cc2c[nH]cn2)NC(=O)[C@H](CC(C)C)N(C)C(=O)[C@@H](CC(C)C)N(C)C1=O. The molecule has 11 atom stereocenters. The molecule has 0 aliphatic carbocycles. The summed E-state index contributed by atoms with van der Waals surface area (Å²) >= 11 is 0. The average molecular weight is 1520 g/mol. The molecule has 3 heterocycles. The van der Waals surface area contributed by atoms with E-state index in [1.54, 1.807) is 86.0 Å². The number of hydrogen-bond donors (Lipinski definition) is 5. The molecule has 27 nitrogen and oxygen atoms in total. The van der Waals surface area contributed by atoms with Gasteiger partial charge in [-0.05, 0) is 118 Å². The highest BCUT2D eigenvalue weighted by Crippen LogP contribution is 2.25. The van der Waals surface area contributed by atoms with Gasteiger partial charge >= 0.3 is 0 Å². The topological polar surface area (TPSA) is 325 Å². The van der Waals surface area contributed by atoms with E-state index in [2.05, 4.69) is 31.2 Å². The Labute approximate surface area is 650 Å². The zero-order chi connectivity index (χ0) is 81.5. The van der Waals surface area contributed by atoms with Gasteiger partial charge in [0.1, 0.15) is 42.3 Å². The van der Waals surface area contributed by atoms with E-state index in [-0.39, 0.29) is 100 Å². The molecule has 0 radical (unpaired) electrons. The number of H-pyrrole nitrogens is 1. The van der Waals surface area contributed by atoms with Crippen LogP contribution in [0.3, 0.4) is 0 Å². The lowest BCUT2D eigenvalue weighted by Gasteiger charge is -2.39. The number of hydrogen-bond acceptors (Lipinski definition) is 15. The molecule has 0 saturated carbocycles. The fraction of sp³-hybridized carbons (Fsp3) is 0.590. The Morgan fingerprint density at radius 3 is 1.19 bits per heavy atom. The van der Waals surface area contributed by atoms with Crippen LogP contribution in [0.2, 0.25) is 0 Å². The zero-order valence-electron chi connectivity index (χ0n) is 68.0. The first-order valence-electron chi connectivity index (χ1n) is 38.8. The Morgan fingerprint density at radius 2 is 0.745 bits per heavy atom. The summed E-state index contributed by atoms with van der Waals surface area (Å²) in [5.74, 6) is -11.3. The number of piperidine rings is 1. The van der Waals surface area contributed by atoms with E-state index in [9.17, 15) is 4.79 Å². The molecule has 3 aromatic carbocycles. The van der Waals surface area contributed by atoms with Crippen LogP contribution in [0.1, 0.15) is 150 Å². The molecule has 2 saturated heterocycles. The Bertz CT molecular complexity index is 3760. The van der Waals surface area contributed by atoms with E-state index >= 15 is 57.5 Å². The fourth-order valence-corrected chi connectivity index (χ4v) is 14.4. The molecular weight excluding hydrogens is 1400 g/mol. The summed E-state index contributed by atoms with van der Waals surface area (Å²) in [5, 5.41) is 11.4. The number of likely N-dealkylation sites (tertiary alicyclic amines) is 1. The number of amides is 11. The summed E-state index contributed by atoms with van der Waals surface area (Å²) in [6.45, 7) is 19.6. The summed E-state index contributed by atoms with van der Waals surface area (Å²) in [4.78, 5) is 217. The first kappa shape index (κ1) is 89.2. The normalized spacial score (nSPS) is 24.4. The molecule has 5 N–H and O–H groups in total. The maximum atomic E-state index is 16.0. The lowest BCUT2D eigenvalue weighted by atomic mass is 9.96. The van der Waals surface area contributed by atoms with Gasteiger partial charge in [0.15, 0.2) is 23.7 Å². The Kier molecular flexibility index (Phi) is 34.0. The third-order valence-electron chi connectivity index (χ3n) is 20.9. The van der Waals surface area contributed by atoms with Crippen LogP contribution < -0.4 is 21.3 Å². The summed E-state index contributed by atoms with van der Waals surface area (Å²) in [6, 6.07) is 10.9. The molecule has 2 aliphatic heterocycles. The van der Waals surface area contributed by atoms with Crippen molar-refractivity contribution in [1.29, 1.82) is 0 Å². The van der Waals surface area contributed by atoms with Crippen molar-refractivity contribution in [2.75, 3.05) is 69.0 Å². The highest BCUT2D eigenvalue weighted by atomic mass is 16.2. The predicted molar refractivity (Wildman–Crippen MR) is 420 cm³/mol. The zero-order valence-corrected chi connectivity index (χ0v) is 68.0. The minimum Gasteiger partial charge on any atom is -0.351 e. The molecule has 2 aliphatic rings. The van der Waals surface area contributed by atoms with Gasteiger partial charge in [0, 0.05) is 80.8 Å². The standard InChI is InChI=1S/C83H122N14O13/c1-51(2)39-62-77(104)91(13)64(41-53(5)6)75(102)88-71(56(11)98)81(108)95(17)68(43-55(9)10)79(106)93(15)63(40-52(3)4)73(100)86-61(47-60-48-84-50-85-60)70(99)49-90(12)67(45-58-33-25-20-26-34-58)78(105)92(14)65(42-54(7)8)76(103)89-72(83(110)97-37-29-22-30-38-97)82(109)96(18)69(46-59-35-27-21-28-36-59)80(107)94(16)66(74(101)87-62)44-57-31-23-19-24-32-57/h19-21,23-28,31-36,48,50-55,61-69,71-72H,22,29-30,37-47,49H2,1-18H3,(H,84,85)(H,86,100)(H,87,101)(H,88,102)(H,89,103)/t61-,62+,63+,64+,65+,66-,67+,68-,69+,71+,72+/m1/s1. The van der Waals surface area contributed by atoms with Crippen molar-refractivity contribution < 1.29 is 62.3 Å². The second kappa shape index (κ2) is 41.9. The van der Waals surface area contributed by atoms with E-state index < -0.39 is 150 Å². The monoisotopic (exact) mass is 1520 g/mol. The van der Waals surface area contributed by atoms with Crippen LogP contribution in [-0.2, 0) is 88.0 Å². The summed E-state index contributed by atoms with van der Waals surface area (Å²) in [7, 11) is 9.96. The van der Waals surface area contributed by atoms with Crippen molar-refractivity contribution in [3.05, 3.63) is 126 Å². The number of imidazole rings is 1. The maximum Gasteiger partial charge on any atom is 0.255 e. The number of carbonyl (C=O) groups is 13. The van der Waals surface area contributed by atoms with Gasteiger partial charge in [-0.15, -0.1) is 0 Å². The fourth-order valence-electron chi connectivity index (χ4n) is 14.4. The molecule has 27 heteroatoms. The molecule has 6 rings (SSSR count). The van der Waals surface area contributed by atoms with Crippen molar-refractivity contribution in [2.24, 2.45) is 29.6 Å². The van der Waals surface area contributed by atoms with Crippen molar-refractivity contribution >= 4 is 76.5 Å². The summed E-state index contributed by atoms with van der Waals surface area (Å²) in [5.41, 5.74) is 2.30. The van der Waals surface area contributed by atoms with E-state index in [1.165, 1.54) is 78.0 Å². The smallest absolute Gasteiger partial charge is 0.255 e. The molecule has 4 aromatic rings. The number of ketones is 2. The summed E-state index contributed by atoms with van der Waals surface area (Å²) < 4.78 is 0. The number of aromatic nitrogens is 2. The highest BCUT2D eigenvalue weighted by molar-refractivity contribution is 6.10. The van der Waals surface area contributed by atoms with Crippen LogP contribution in [0.4, 0.5) is 0 Å². The average Bonchev–Trinajstić information content (AvgIpc) is 0.841. The third-order valence-corrected chi connectivity index (χ3v) is 20.9.